The molecule has 1 heterocycles. The van der Waals surface area contributed by atoms with E-state index < -0.39 is 0 Å². The van der Waals surface area contributed by atoms with Gasteiger partial charge in [-0.15, -0.1) is 0 Å². The van der Waals surface area contributed by atoms with Crippen molar-refractivity contribution in [2.45, 2.75) is 40.0 Å². The van der Waals surface area contributed by atoms with Crippen molar-refractivity contribution in [2.24, 2.45) is 0 Å². The zero-order chi connectivity index (χ0) is 16.7. The van der Waals surface area contributed by atoms with E-state index in [2.05, 4.69) is 42.5 Å². The molecule has 122 valence electrons. The standard InChI is InChI=1S/C19H25N3O/c1-4-5-6-10-21-19(23)16-11-17(13-20-12-16)22-18-9-7-8-14(2)15(18)3/h7-9,11-13,22H,4-6,10H2,1-3H3,(H,21,23). The van der Waals surface area contributed by atoms with Gasteiger partial charge >= 0.3 is 0 Å². The van der Waals surface area contributed by atoms with Crippen LogP contribution in [0.2, 0.25) is 0 Å². The molecule has 1 aromatic carbocycles. The molecule has 23 heavy (non-hydrogen) atoms. The fourth-order valence-electron chi connectivity index (χ4n) is 2.35. The summed E-state index contributed by atoms with van der Waals surface area (Å²) in [4.78, 5) is 16.3. The van der Waals surface area contributed by atoms with Gasteiger partial charge in [-0.2, -0.15) is 0 Å². The van der Waals surface area contributed by atoms with E-state index in [1.807, 2.05) is 18.2 Å². The number of rotatable bonds is 7. The third kappa shape index (κ3) is 4.81. The number of aryl methyl sites for hydroxylation is 1. The molecule has 0 spiro atoms. The van der Waals surface area contributed by atoms with Crippen LogP contribution in [0.25, 0.3) is 0 Å². The molecule has 0 unspecified atom stereocenters. The zero-order valence-corrected chi connectivity index (χ0v) is 14.1. The second-order valence-corrected chi connectivity index (χ2v) is 5.80. The second kappa shape index (κ2) is 8.32. The van der Waals surface area contributed by atoms with Crippen molar-refractivity contribution in [1.29, 1.82) is 0 Å². The Morgan fingerprint density at radius 1 is 1.17 bits per heavy atom. The Balaban J connectivity index is 2.04. The molecule has 2 aromatic rings. The number of aromatic nitrogens is 1. The highest BCUT2D eigenvalue weighted by Gasteiger charge is 2.07. The first-order chi connectivity index (χ1) is 11.1. The van der Waals surface area contributed by atoms with Gasteiger partial charge in [0.05, 0.1) is 17.4 Å². The van der Waals surface area contributed by atoms with Crippen LogP contribution in [0, 0.1) is 13.8 Å². The normalized spacial score (nSPS) is 10.4. The molecule has 0 fully saturated rings. The van der Waals surface area contributed by atoms with Gasteiger partial charge in [0.1, 0.15) is 0 Å². The fourth-order valence-corrected chi connectivity index (χ4v) is 2.35. The number of carbonyl (C=O) groups is 1. The summed E-state index contributed by atoms with van der Waals surface area (Å²) >= 11 is 0. The second-order valence-electron chi connectivity index (χ2n) is 5.80. The Hall–Kier alpha value is -2.36. The molecule has 1 amide bonds. The summed E-state index contributed by atoms with van der Waals surface area (Å²) in [5.74, 6) is -0.0711. The van der Waals surface area contributed by atoms with Crippen LogP contribution in [-0.2, 0) is 0 Å². The van der Waals surface area contributed by atoms with Crippen molar-refractivity contribution in [2.75, 3.05) is 11.9 Å². The van der Waals surface area contributed by atoms with Crippen LogP contribution in [0.1, 0.15) is 47.7 Å². The fraction of sp³-hybridized carbons (Fsp3) is 0.368. The van der Waals surface area contributed by atoms with Crippen LogP contribution >= 0.6 is 0 Å². The van der Waals surface area contributed by atoms with Gasteiger partial charge < -0.3 is 10.6 Å². The predicted molar refractivity (Wildman–Crippen MR) is 95.3 cm³/mol. The lowest BCUT2D eigenvalue weighted by Gasteiger charge is -2.12. The van der Waals surface area contributed by atoms with E-state index in [1.54, 1.807) is 12.4 Å². The number of pyridine rings is 1. The highest BCUT2D eigenvalue weighted by molar-refractivity contribution is 5.94. The lowest BCUT2D eigenvalue weighted by molar-refractivity contribution is 0.0952. The van der Waals surface area contributed by atoms with E-state index in [9.17, 15) is 4.79 Å². The third-order valence-electron chi connectivity index (χ3n) is 3.95. The molecule has 2 N–H and O–H groups in total. The summed E-state index contributed by atoms with van der Waals surface area (Å²) in [5, 5.41) is 6.28. The van der Waals surface area contributed by atoms with Crippen LogP contribution in [0.15, 0.2) is 36.7 Å². The molecule has 0 atom stereocenters. The molecule has 4 nitrogen and oxygen atoms in total. The number of hydrogen-bond acceptors (Lipinski definition) is 3. The van der Waals surface area contributed by atoms with Gasteiger partial charge in [-0.05, 0) is 43.5 Å². The number of amides is 1. The van der Waals surface area contributed by atoms with Gasteiger partial charge in [0.25, 0.3) is 5.91 Å². The minimum Gasteiger partial charge on any atom is -0.354 e. The summed E-state index contributed by atoms with van der Waals surface area (Å²) in [6, 6.07) is 7.96. The number of hydrogen-bond donors (Lipinski definition) is 2. The molecule has 0 saturated carbocycles. The molecule has 0 radical (unpaired) electrons. The topological polar surface area (TPSA) is 54.0 Å². The minimum absolute atomic E-state index is 0.0711. The van der Waals surface area contributed by atoms with Crippen molar-refractivity contribution in [3.63, 3.8) is 0 Å². The SMILES string of the molecule is CCCCCNC(=O)c1cncc(Nc2cccc(C)c2C)c1. The number of carbonyl (C=O) groups excluding carboxylic acids is 1. The molecule has 4 heteroatoms. The van der Waals surface area contributed by atoms with Gasteiger partial charge in [-0.3, -0.25) is 9.78 Å². The minimum atomic E-state index is -0.0711. The summed E-state index contributed by atoms with van der Waals surface area (Å²) in [7, 11) is 0. The summed E-state index contributed by atoms with van der Waals surface area (Å²) < 4.78 is 0. The predicted octanol–water partition coefficient (Wildman–Crippen LogP) is 4.36. The monoisotopic (exact) mass is 311 g/mol. The smallest absolute Gasteiger partial charge is 0.252 e. The summed E-state index contributed by atoms with van der Waals surface area (Å²) in [6.07, 6.45) is 6.62. The van der Waals surface area contributed by atoms with E-state index in [4.69, 9.17) is 0 Å². The van der Waals surface area contributed by atoms with E-state index >= 15 is 0 Å². The maximum Gasteiger partial charge on any atom is 0.252 e. The van der Waals surface area contributed by atoms with Crippen molar-refractivity contribution < 1.29 is 4.79 Å². The van der Waals surface area contributed by atoms with Crippen molar-refractivity contribution in [1.82, 2.24) is 10.3 Å². The molecule has 0 aliphatic carbocycles. The molecule has 1 aromatic heterocycles. The molecule has 0 aliphatic heterocycles. The van der Waals surface area contributed by atoms with Crippen LogP contribution in [0.5, 0.6) is 0 Å². The Morgan fingerprint density at radius 3 is 2.78 bits per heavy atom. The van der Waals surface area contributed by atoms with Crippen molar-refractivity contribution in [3.05, 3.63) is 53.3 Å². The first-order valence-corrected chi connectivity index (χ1v) is 8.18. The van der Waals surface area contributed by atoms with E-state index in [1.165, 1.54) is 11.1 Å². The van der Waals surface area contributed by atoms with Gasteiger partial charge in [0.2, 0.25) is 0 Å². The molecular formula is C19H25N3O. The first-order valence-electron chi connectivity index (χ1n) is 8.18. The van der Waals surface area contributed by atoms with E-state index in [-0.39, 0.29) is 5.91 Å². The van der Waals surface area contributed by atoms with E-state index in [0.717, 1.165) is 30.6 Å². The lowest BCUT2D eigenvalue weighted by Crippen LogP contribution is -2.24. The molecule has 0 bridgehead atoms. The van der Waals surface area contributed by atoms with Crippen LogP contribution in [0.3, 0.4) is 0 Å². The quantitative estimate of drug-likeness (QED) is 0.747. The van der Waals surface area contributed by atoms with Crippen molar-refractivity contribution >= 4 is 17.3 Å². The molecule has 2 rings (SSSR count). The Morgan fingerprint density at radius 2 is 2.00 bits per heavy atom. The average molecular weight is 311 g/mol. The average Bonchev–Trinajstić information content (AvgIpc) is 2.56. The molecule has 0 saturated heterocycles. The number of anilines is 2. The van der Waals surface area contributed by atoms with E-state index in [0.29, 0.717) is 12.1 Å². The number of nitrogens with one attached hydrogen (secondary N) is 2. The van der Waals surface area contributed by atoms with Gasteiger partial charge in [-0.1, -0.05) is 31.9 Å². The largest absolute Gasteiger partial charge is 0.354 e. The maximum atomic E-state index is 12.2. The van der Waals surface area contributed by atoms with Crippen LogP contribution < -0.4 is 10.6 Å². The Labute approximate surface area is 138 Å². The third-order valence-corrected chi connectivity index (χ3v) is 3.95. The van der Waals surface area contributed by atoms with Crippen molar-refractivity contribution in [3.8, 4) is 0 Å². The lowest BCUT2D eigenvalue weighted by atomic mass is 10.1. The van der Waals surface area contributed by atoms with Gasteiger partial charge in [0, 0.05) is 18.4 Å². The number of nitrogens with zero attached hydrogens (tertiary/aromatic N) is 1. The molecular weight excluding hydrogens is 286 g/mol. The summed E-state index contributed by atoms with van der Waals surface area (Å²) in [5.41, 5.74) is 4.86. The van der Waals surface area contributed by atoms with Crippen LogP contribution in [0.4, 0.5) is 11.4 Å². The van der Waals surface area contributed by atoms with Gasteiger partial charge in [-0.25, -0.2) is 0 Å². The highest BCUT2D eigenvalue weighted by atomic mass is 16.1. The maximum absolute atomic E-state index is 12.2. The number of benzene rings is 1. The Bertz CT molecular complexity index is 667. The molecule has 0 aliphatic rings. The summed E-state index contributed by atoms with van der Waals surface area (Å²) in [6.45, 7) is 7.02. The zero-order valence-electron chi connectivity index (χ0n) is 14.1. The van der Waals surface area contributed by atoms with Gasteiger partial charge in [0.15, 0.2) is 0 Å². The highest BCUT2D eigenvalue weighted by Crippen LogP contribution is 2.22. The first kappa shape index (κ1) is 17.0. The van der Waals surface area contributed by atoms with Crippen LogP contribution in [-0.4, -0.2) is 17.4 Å². The number of unbranched alkanes of at least 4 members (excludes halogenated alkanes) is 2. The Kier molecular flexibility index (Phi) is 6.15.